The molecule has 1 aromatic carbocycles. The van der Waals surface area contributed by atoms with Gasteiger partial charge in [0.05, 0.1) is 0 Å². The van der Waals surface area contributed by atoms with Crippen molar-refractivity contribution in [2.75, 3.05) is 6.54 Å². The molecule has 0 bridgehead atoms. The number of amides is 1. The highest BCUT2D eigenvalue weighted by molar-refractivity contribution is 5.77. The second kappa shape index (κ2) is 10.0. The molecule has 0 saturated carbocycles. The van der Waals surface area contributed by atoms with Crippen LogP contribution in [0.5, 0.6) is 0 Å². The molecule has 0 radical (unpaired) electrons. The van der Waals surface area contributed by atoms with Gasteiger partial charge in [-0.2, -0.15) is 0 Å². The largest absolute Gasteiger partial charge is 0.461 e. The molecule has 1 N–H and O–H groups in total. The highest BCUT2D eigenvalue weighted by Gasteiger charge is 2.07. The van der Waals surface area contributed by atoms with E-state index < -0.39 is 0 Å². The van der Waals surface area contributed by atoms with Gasteiger partial charge in [-0.25, -0.2) is 0 Å². The van der Waals surface area contributed by atoms with E-state index in [4.69, 9.17) is 4.74 Å². The molecular weight excluding hydrogens is 290 g/mol. The third-order valence-electron chi connectivity index (χ3n) is 3.45. The smallest absolute Gasteiger partial charge is 0.306 e. The van der Waals surface area contributed by atoms with E-state index in [9.17, 15) is 9.59 Å². The normalized spacial score (nSPS) is 10.9. The topological polar surface area (TPSA) is 55.4 Å². The van der Waals surface area contributed by atoms with Crippen molar-refractivity contribution in [3.63, 3.8) is 0 Å². The van der Waals surface area contributed by atoms with Crippen LogP contribution in [0.2, 0.25) is 0 Å². The molecular formula is C19H29NO3. The lowest BCUT2D eigenvalue weighted by Crippen LogP contribution is -2.28. The minimum absolute atomic E-state index is 0.0138. The van der Waals surface area contributed by atoms with Crippen molar-refractivity contribution in [3.8, 4) is 0 Å². The fourth-order valence-corrected chi connectivity index (χ4v) is 2.13. The van der Waals surface area contributed by atoms with Crippen LogP contribution in [-0.4, -0.2) is 18.4 Å². The van der Waals surface area contributed by atoms with Crippen molar-refractivity contribution in [2.24, 2.45) is 11.8 Å². The van der Waals surface area contributed by atoms with E-state index in [2.05, 4.69) is 31.3 Å². The van der Waals surface area contributed by atoms with Crippen molar-refractivity contribution in [3.05, 3.63) is 35.4 Å². The predicted molar refractivity (Wildman–Crippen MR) is 91.9 cm³/mol. The van der Waals surface area contributed by atoms with Crippen LogP contribution in [0.4, 0.5) is 0 Å². The number of carbonyl (C=O) groups excluding carboxylic acids is 2. The van der Waals surface area contributed by atoms with Gasteiger partial charge in [-0.15, -0.1) is 0 Å². The Bertz CT molecular complexity index is 492. The lowest BCUT2D eigenvalue weighted by atomic mass is 10.0. The monoisotopic (exact) mass is 319 g/mol. The minimum atomic E-state index is -0.227. The van der Waals surface area contributed by atoms with Gasteiger partial charge in [0.2, 0.25) is 5.91 Å². The molecule has 0 spiro atoms. The molecule has 4 nitrogen and oxygen atoms in total. The molecule has 0 aliphatic heterocycles. The molecule has 0 atom stereocenters. The number of ether oxygens (including phenoxy) is 1. The van der Waals surface area contributed by atoms with Gasteiger partial charge in [-0.1, -0.05) is 52.0 Å². The highest BCUT2D eigenvalue weighted by Crippen LogP contribution is 2.11. The van der Waals surface area contributed by atoms with Gasteiger partial charge >= 0.3 is 5.97 Å². The quantitative estimate of drug-likeness (QED) is 0.560. The van der Waals surface area contributed by atoms with Crippen LogP contribution in [0.25, 0.3) is 0 Å². The van der Waals surface area contributed by atoms with E-state index >= 15 is 0 Å². The second-order valence-corrected chi connectivity index (χ2v) is 6.62. The molecule has 1 amide bonds. The summed E-state index contributed by atoms with van der Waals surface area (Å²) in [6.45, 7) is 8.89. The fraction of sp³-hybridized carbons (Fsp3) is 0.579. The van der Waals surface area contributed by atoms with Gasteiger partial charge in [-0.3, -0.25) is 9.59 Å². The fourth-order valence-electron chi connectivity index (χ4n) is 2.13. The van der Waals surface area contributed by atoms with E-state index in [1.165, 1.54) is 5.56 Å². The Hall–Kier alpha value is -1.84. The molecule has 0 aromatic heterocycles. The summed E-state index contributed by atoms with van der Waals surface area (Å²) >= 11 is 0. The number of hydrogen-bond acceptors (Lipinski definition) is 3. The maximum Gasteiger partial charge on any atom is 0.306 e. The molecule has 128 valence electrons. The first-order chi connectivity index (χ1) is 10.9. The van der Waals surface area contributed by atoms with Crippen molar-refractivity contribution in [1.29, 1.82) is 0 Å². The van der Waals surface area contributed by atoms with E-state index in [0.29, 0.717) is 31.9 Å². The zero-order chi connectivity index (χ0) is 17.2. The zero-order valence-electron chi connectivity index (χ0n) is 14.7. The summed E-state index contributed by atoms with van der Waals surface area (Å²) < 4.78 is 5.25. The summed E-state index contributed by atoms with van der Waals surface area (Å²) in [5, 5.41) is 2.79. The lowest BCUT2D eigenvalue weighted by molar-refractivity contribution is -0.145. The van der Waals surface area contributed by atoms with Crippen molar-refractivity contribution in [2.45, 2.75) is 53.6 Å². The van der Waals surface area contributed by atoms with Crippen molar-refractivity contribution >= 4 is 11.9 Å². The molecule has 23 heavy (non-hydrogen) atoms. The molecule has 0 aliphatic carbocycles. The van der Waals surface area contributed by atoms with Crippen LogP contribution in [0.15, 0.2) is 24.3 Å². The third-order valence-corrected chi connectivity index (χ3v) is 3.45. The molecule has 0 saturated heterocycles. The van der Waals surface area contributed by atoms with Gasteiger partial charge in [-0.05, 0) is 29.9 Å². The predicted octanol–water partition coefficient (Wildman–Crippen LogP) is 3.48. The van der Waals surface area contributed by atoms with Crippen LogP contribution >= 0.6 is 0 Å². The number of esters is 1. The standard InChI is InChI=1S/C19H29NO3/c1-14(2)12-16-7-9-17(10-8-16)13-23-18(21)6-5-11-20-19(22)15(3)4/h7-10,14-15H,5-6,11-13H2,1-4H3,(H,20,22). The summed E-state index contributed by atoms with van der Waals surface area (Å²) in [4.78, 5) is 23.0. The van der Waals surface area contributed by atoms with Gasteiger partial charge in [0.25, 0.3) is 0 Å². The van der Waals surface area contributed by atoms with Gasteiger partial charge < -0.3 is 10.1 Å². The number of benzene rings is 1. The van der Waals surface area contributed by atoms with Crippen molar-refractivity contribution in [1.82, 2.24) is 5.32 Å². The number of carbonyl (C=O) groups is 2. The Morgan fingerprint density at radius 1 is 1.04 bits per heavy atom. The van der Waals surface area contributed by atoms with Gasteiger partial charge in [0.1, 0.15) is 6.61 Å². The zero-order valence-corrected chi connectivity index (χ0v) is 14.7. The molecule has 0 fully saturated rings. The summed E-state index contributed by atoms with van der Waals surface area (Å²) in [7, 11) is 0. The summed E-state index contributed by atoms with van der Waals surface area (Å²) in [6, 6.07) is 8.19. The first-order valence-electron chi connectivity index (χ1n) is 8.39. The van der Waals surface area contributed by atoms with E-state index in [0.717, 1.165) is 12.0 Å². The number of rotatable bonds is 9. The van der Waals surface area contributed by atoms with Crippen LogP contribution in [-0.2, 0) is 27.4 Å². The van der Waals surface area contributed by atoms with Crippen LogP contribution in [0.1, 0.15) is 51.7 Å². The molecule has 0 aliphatic rings. The third kappa shape index (κ3) is 8.38. The van der Waals surface area contributed by atoms with E-state index in [1.54, 1.807) is 0 Å². The Labute approximate surface area is 139 Å². The summed E-state index contributed by atoms with van der Waals surface area (Å²) in [5.41, 5.74) is 2.30. The maximum absolute atomic E-state index is 11.7. The maximum atomic E-state index is 11.7. The van der Waals surface area contributed by atoms with Crippen LogP contribution in [0.3, 0.4) is 0 Å². The average Bonchev–Trinajstić information content (AvgIpc) is 2.50. The molecule has 0 unspecified atom stereocenters. The molecule has 4 heteroatoms. The van der Waals surface area contributed by atoms with E-state index in [1.807, 2.05) is 26.0 Å². The number of hydrogen-bond donors (Lipinski definition) is 1. The average molecular weight is 319 g/mol. The van der Waals surface area contributed by atoms with Crippen LogP contribution < -0.4 is 5.32 Å². The van der Waals surface area contributed by atoms with E-state index in [-0.39, 0.29) is 17.8 Å². The Kier molecular flexibility index (Phi) is 8.38. The highest BCUT2D eigenvalue weighted by atomic mass is 16.5. The first kappa shape index (κ1) is 19.2. The second-order valence-electron chi connectivity index (χ2n) is 6.62. The number of nitrogens with one attached hydrogen (secondary N) is 1. The minimum Gasteiger partial charge on any atom is -0.461 e. The molecule has 1 aromatic rings. The van der Waals surface area contributed by atoms with Gasteiger partial charge in [0, 0.05) is 18.9 Å². The SMILES string of the molecule is CC(C)Cc1ccc(COC(=O)CCCNC(=O)C(C)C)cc1. The Morgan fingerprint density at radius 3 is 2.22 bits per heavy atom. The lowest BCUT2D eigenvalue weighted by Gasteiger charge is -2.09. The van der Waals surface area contributed by atoms with Crippen LogP contribution in [0, 0.1) is 11.8 Å². The first-order valence-corrected chi connectivity index (χ1v) is 8.39. The summed E-state index contributed by atoms with van der Waals surface area (Å²) in [5.74, 6) is 0.394. The summed E-state index contributed by atoms with van der Waals surface area (Å²) in [6.07, 6.45) is 1.98. The van der Waals surface area contributed by atoms with Gasteiger partial charge in [0.15, 0.2) is 0 Å². The Morgan fingerprint density at radius 2 is 1.65 bits per heavy atom. The molecule has 1 rings (SSSR count). The molecule has 0 heterocycles. The Balaban J connectivity index is 2.21. The van der Waals surface area contributed by atoms with Crippen molar-refractivity contribution < 1.29 is 14.3 Å².